The van der Waals surface area contributed by atoms with Crippen molar-refractivity contribution < 1.29 is 0 Å². The van der Waals surface area contributed by atoms with Crippen molar-refractivity contribution in [1.29, 1.82) is 0 Å². The highest BCUT2D eigenvalue weighted by molar-refractivity contribution is 9.10. The molecule has 0 saturated heterocycles. The molecule has 0 bridgehead atoms. The van der Waals surface area contributed by atoms with Crippen molar-refractivity contribution >= 4 is 38.2 Å². The minimum absolute atomic E-state index is 0.816. The maximum Gasteiger partial charge on any atom is 0.144 e. The number of aryl methyl sites for hydroxylation is 1. The summed E-state index contributed by atoms with van der Waals surface area (Å²) in [5.74, 6) is 0.816. The molecule has 2 aromatic heterocycles. The summed E-state index contributed by atoms with van der Waals surface area (Å²) in [6.45, 7) is 2.04. The van der Waals surface area contributed by atoms with E-state index in [2.05, 4.69) is 37.3 Å². The third kappa shape index (κ3) is 2.31. The van der Waals surface area contributed by atoms with Gasteiger partial charge >= 0.3 is 0 Å². The molecule has 0 fully saturated rings. The van der Waals surface area contributed by atoms with E-state index in [0.717, 1.165) is 32.3 Å². The van der Waals surface area contributed by atoms with Crippen LogP contribution >= 0.6 is 15.9 Å². The molecule has 3 rings (SSSR count). The van der Waals surface area contributed by atoms with Crippen LogP contribution in [0.25, 0.3) is 10.8 Å². The van der Waals surface area contributed by atoms with Gasteiger partial charge in [-0.3, -0.25) is 4.98 Å². The van der Waals surface area contributed by atoms with Gasteiger partial charge in [0.15, 0.2) is 0 Å². The standard InChI is InChI=1S/C15H12BrN3/c1-10-5-8-18-15(14(10)16)19-13-4-2-3-11-6-7-17-9-12(11)13/h2-9H,1H3,(H,18,19). The van der Waals surface area contributed by atoms with Gasteiger partial charge in [-0.25, -0.2) is 4.98 Å². The summed E-state index contributed by atoms with van der Waals surface area (Å²) in [5, 5.41) is 5.60. The summed E-state index contributed by atoms with van der Waals surface area (Å²) < 4.78 is 0.982. The minimum Gasteiger partial charge on any atom is -0.339 e. The SMILES string of the molecule is Cc1ccnc(Nc2cccc3ccncc23)c1Br. The first-order valence-corrected chi connectivity index (χ1v) is 6.76. The molecular formula is C15H12BrN3. The molecule has 0 unspecified atom stereocenters. The van der Waals surface area contributed by atoms with E-state index < -0.39 is 0 Å². The molecule has 3 nitrogen and oxygen atoms in total. The number of anilines is 2. The summed E-state index contributed by atoms with van der Waals surface area (Å²) in [5.41, 5.74) is 2.15. The van der Waals surface area contributed by atoms with Crippen molar-refractivity contribution in [3.63, 3.8) is 0 Å². The zero-order chi connectivity index (χ0) is 13.2. The maximum absolute atomic E-state index is 4.36. The fraction of sp³-hybridized carbons (Fsp3) is 0.0667. The lowest BCUT2D eigenvalue weighted by Crippen LogP contribution is -1.96. The van der Waals surface area contributed by atoms with E-state index in [9.17, 15) is 0 Å². The Morgan fingerprint density at radius 1 is 1.11 bits per heavy atom. The Morgan fingerprint density at radius 3 is 2.89 bits per heavy atom. The molecule has 94 valence electrons. The van der Waals surface area contributed by atoms with Gasteiger partial charge in [0.2, 0.25) is 0 Å². The number of pyridine rings is 2. The van der Waals surface area contributed by atoms with Gasteiger partial charge in [0, 0.05) is 29.7 Å². The average molecular weight is 314 g/mol. The molecule has 0 aliphatic heterocycles. The molecule has 3 aromatic rings. The van der Waals surface area contributed by atoms with Gasteiger partial charge in [0.1, 0.15) is 5.82 Å². The Morgan fingerprint density at radius 2 is 2.00 bits per heavy atom. The quantitative estimate of drug-likeness (QED) is 0.759. The lowest BCUT2D eigenvalue weighted by Gasteiger charge is -2.11. The predicted molar refractivity (Wildman–Crippen MR) is 81.7 cm³/mol. The number of fused-ring (bicyclic) bond motifs is 1. The van der Waals surface area contributed by atoms with Crippen LogP contribution in [0, 0.1) is 6.92 Å². The molecule has 0 saturated carbocycles. The number of benzene rings is 1. The monoisotopic (exact) mass is 313 g/mol. The van der Waals surface area contributed by atoms with Gasteiger partial charge in [0.05, 0.1) is 4.47 Å². The summed E-state index contributed by atoms with van der Waals surface area (Å²) >= 11 is 3.56. The third-order valence-corrected chi connectivity index (χ3v) is 4.02. The molecule has 2 heterocycles. The summed E-state index contributed by atoms with van der Waals surface area (Å²) in [4.78, 5) is 8.55. The van der Waals surface area contributed by atoms with Crippen LogP contribution in [0.2, 0.25) is 0 Å². The lowest BCUT2D eigenvalue weighted by atomic mass is 10.1. The Kier molecular flexibility index (Phi) is 3.17. The van der Waals surface area contributed by atoms with Crippen LogP contribution in [-0.2, 0) is 0 Å². The number of aromatic nitrogens is 2. The van der Waals surface area contributed by atoms with Crippen LogP contribution in [0.3, 0.4) is 0 Å². The molecule has 0 spiro atoms. The molecule has 0 atom stereocenters. The van der Waals surface area contributed by atoms with Crippen LogP contribution in [0.1, 0.15) is 5.56 Å². The van der Waals surface area contributed by atoms with Crippen molar-refractivity contribution in [2.75, 3.05) is 5.32 Å². The first-order chi connectivity index (χ1) is 9.25. The smallest absolute Gasteiger partial charge is 0.144 e. The van der Waals surface area contributed by atoms with Crippen molar-refractivity contribution in [2.24, 2.45) is 0 Å². The number of halogens is 1. The average Bonchev–Trinajstić information content (AvgIpc) is 2.44. The molecule has 1 aromatic carbocycles. The van der Waals surface area contributed by atoms with Crippen molar-refractivity contribution in [3.8, 4) is 0 Å². The molecule has 0 amide bonds. The van der Waals surface area contributed by atoms with Gasteiger partial charge in [-0.2, -0.15) is 0 Å². The number of nitrogens with zero attached hydrogens (tertiary/aromatic N) is 2. The molecule has 0 aliphatic carbocycles. The van der Waals surface area contributed by atoms with Gasteiger partial charge in [-0.05, 0) is 52.0 Å². The normalized spacial score (nSPS) is 10.6. The topological polar surface area (TPSA) is 37.8 Å². The first-order valence-electron chi connectivity index (χ1n) is 5.96. The van der Waals surface area contributed by atoms with E-state index in [1.807, 2.05) is 37.4 Å². The van der Waals surface area contributed by atoms with E-state index >= 15 is 0 Å². The van der Waals surface area contributed by atoms with Gasteiger partial charge in [-0.1, -0.05) is 12.1 Å². The Hall–Kier alpha value is -1.94. The third-order valence-electron chi connectivity index (χ3n) is 3.02. The number of hydrogen-bond donors (Lipinski definition) is 1. The fourth-order valence-corrected chi connectivity index (χ4v) is 2.31. The number of rotatable bonds is 2. The number of nitrogens with one attached hydrogen (secondary N) is 1. The van der Waals surface area contributed by atoms with E-state index in [0.29, 0.717) is 0 Å². The van der Waals surface area contributed by atoms with E-state index in [4.69, 9.17) is 0 Å². The highest BCUT2D eigenvalue weighted by atomic mass is 79.9. The minimum atomic E-state index is 0.816. The lowest BCUT2D eigenvalue weighted by molar-refractivity contribution is 1.25. The van der Waals surface area contributed by atoms with Crippen LogP contribution in [-0.4, -0.2) is 9.97 Å². The summed E-state index contributed by atoms with van der Waals surface area (Å²) in [6, 6.07) is 10.1. The highest BCUT2D eigenvalue weighted by Crippen LogP contribution is 2.29. The van der Waals surface area contributed by atoms with Gasteiger partial charge in [-0.15, -0.1) is 0 Å². The zero-order valence-electron chi connectivity index (χ0n) is 10.4. The zero-order valence-corrected chi connectivity index (χ0v) is 12.0. The van der Waals surface area contributed by atoms with Gasteiger partial charge in [0.25, 0.3) is 0 Å². The van der Waals surface area contributed by atoms with Crippen molar-refractivity contribution in [2.45, 2.75) is 6.92 Å². The van der Waals surface area contributed by atoms with Crippen LogP contribution in [0.5, 0.6) is 0 Å². The summed E-state index contributed by atoms with van der Waals surface area (Å²) in [6.07, 6.45) is 5.46. The van der Waals surface area contributed by atoms with Gasteiger partial charge < -0.3 is 5.32 Å². The second-order valence-corrected chi connectivity index (χ2v) is 5.11. The largest absolute Gasteiger partial charge is 0.339 e. The van der Waals surface area contributed by atoms with Crippen molar-refractivity contribution in [3.05, 3.63) is 59.0 Å². The Labute approximate surface area is 119 Å². The van der Waals surface area contributed by atoms with E-state index in [-0.39, 0.29) is 0 Å². The fourth-order valence-electron chi connectivity index (χ4n) is 1.98. The molecule has 1 N–H and O–H groups in total. The first kappa shape index (κ1) is 12.1. The summed E-state index contributed by atoms with van der Waals surface area (Å²) in [7, 11) is 0. The van der Waals surface area contributed by atoms with Crippen molar-refractivity contribution in [1.82, 2.24) is 9.97 Å². The molecule has 4 heteroatoms. The van der Waals surface area contributed by atoms with Crippen LogP contribution in [0.15, 0.2) is 53.4 Å². The van der Waals surface area contributed by atoms with Crippen LogP contribution < -0.4 is 5.32 Å². The molecule has 0 aliphatic rings. The predicted octanol–water partition coefficient (Wildman–Crippen LogP) is 4.44. The second kappa shape index (κ2) is 4.97. The van der Waals surface area contributed by atoms with E-state index in [1.54, 1.807) is 12.4 Å². The maximum atomic E-state index is 4.36. The number of hydrogen-bond acceptors (Lipinski definition) is 3. The molecule has 0 radical (unpaired) electrons. The second-order valence-electron chi connectivity index (χ2n) is 4.32. The molecule has 19 heavy (non-hydrogen) atoms. The van der Waals surface area contributed by atoms with E-state index in [1.165, 1.54) is 0 Å². The Balaban J connectivity index is 2.09. The Bertz CT molecular complexity index is 735. The molecular weight excluding hydrogens is 302 g/mol. The highest BCUT2D eigenvalue weighted by Gasteiger charge is 2.06. The van der Waals surface area contributed by atoms with Crippen LogP contribution in [0.4, 0.5) is 11.5 Å².